The van der Waals surface area contributed by atoms with Crippen molar-refractivity contribution in [2.45, 2.75) is 77.0 Å². The number of amides is 2. The van der Waals surface area contributed by atoms with Crippen LogP contribution in [0.4, 0.5) is 4.79 Å². The molecule has 6 nitrogen and oxygen atoms in total. The van der Waals surface area contributed by atoms with E-state index in [0.717, 1.165) is 51.7 Å². The van der Waals surface area contributed by atoms with Crippen LogP contribution < -0.4 is 10.6 Å². The first-order valence-corrected chi connectivity index (χ1v) is 8.84. The molecule has 2 atom stereocenters. The summed E-state index contributed by atoms with van der Waals surface area (Å²) < 4.78 is 5.28. The highest BCUT2D eigenvalue weighted by Crippen LogP contribution is 2.20. The summed E-state index contributed by atoms with van der Waals surface area (Å²) in [5.74, 6) is 0.261. The number of carbonyl (C=O) groups is 2. The van der Waals surface area contributed by atoms with E-state index in [2.05, 4.69) is 10.6 Å². The third kappa shape index (κ3) is 6.37. The van der Waals surface area contributed by atoms with Gasteiger partial charge < -0.3 is 20.3 Å². The maximum Gasteiger partial charge on any atom is 0.407 e. The molecule has 0 radical (unpaired) electrons. The lowest BCUT2D eigenvalue weighted by Crippen LogP contribution is -2.39. The molecule has 0 aromatic heterocycles. The molecule has 132 valence electrons. The van der Waals surface area contributed by atoms with Crippen LogP contribution in [0.2, 0.25) is 0 Å². The monoisotopic (exact) mass is 325 g/mol. The predicted octanol–water partition coefficient (Wildman–Crippen LogP) is 2.03. The van der Waals surface area contributed by atoms with Crippen LogP contribution in [0.3, 0.4) is 0 Å². The Morgan fingerprint density at radius 2 is 1.78 bits per heavy atom. The molecule has 1 aliphatic carbocycles. The summed E-state index contributed by atoms with van der Waals surface area (Å²) in [6.07, 6.45) is 5.39. The molecule has 0 aromatic carbocycles. The van der Waals surface area contributed by atoms with Crippen molar-refractivity contribution in [1.29, 1.82) is 0 Å². The van der Waals surface area contributed by atoms with E-state index >= 15 is 0 Å². The first kappa shape index (κ1) is 18.0. The number of nitrogens with zero attached hydrogens (tertiary/aromatic N) is 1. The van der Waals surface area contributed by atoms with E-state index in [1.54, 1.807) is 0 Å². The molecule has 2 unspecified atom stereocenters. The number of ether oxygens (including phenoxy) is 1. The first-order valence-electron chi connectivity index (χ1n) is 8.84. The van der Waals surface area contributed by atoms with Crippen molar-refractivity contribution < 1.29 is 14.3 Å². The topological polar surface area (TPSA) is 70.7 Å². The Morgan fingerprint density at radius 1 is 1.13 bits per heavy atom. The minimum Gasteiger partial charge on any atom is -0.444 e. The number of carbonyl (C=O) groups excluding carboxylic acids is 2. The van der Waals surface area contributed by atoms with E-state index in [9.17, 15) is 9.59 Å². The summed E-state index contributed by atoms with van der Waals surface area (Å²) in [5.41, 5.74) is -0.462. The summed E-state index contributed by atoms with van der Waals surface area (Å²) in [4.78, 5) is 25.7. The number of alkyl carbamates (subject to hydrolysis) is 1. The van der Waals surface area contributed by atoms with Crippen molar-refractivity contribution in [3.05, 3.63) is 0 Å². The van der Waals surface area contributed by atoms with Gasteiger partial charge in [0.2, 0.25) is 5.91 Å². The molecule has 2 aliphatic rings. The van der Waals surface area contributed by atoms with Crippen LogP contribution in [-0.4, -0.2) is 54.2 Å². The quantitative estimate of drug-likeness (QED) is 0.811. The number of hydrogen-bond donors (Lipinski definition) is 2. The van der Waals surface area contributed by atoms with Gasteiger partial charge in [0.05, 0.1) is 0 Å². The highest BCUT2D eigenvalue weighted by Gasteiger charge is 2.27. The van der Waals surface area contributed by atoms with Gasteiger partial charge in [-0.05, 0) is 52.9 Å². The van der Waals surface area contributed by atoms with Crippen molar-refractivity contribution >= 4 is 12.0 Å². The Kier molecular flexibility index (Phi) is 6.27. The summed E-state index contributed by atoms with van der Waals surface area (Å²) in [6, 6.07) is 0.540. The third-order valence-electron chi connectivity index (χ3n) is 4.38. The second-order valence-corrected chi connectivity index (χ2v) is 7.65. The van der Waals surface area contributed by atoms with Gasteiger partial charge in [-0.3, -0.25) is 4.79 Å². The zero-order valence-electron chi connectivity index (χ0n) is 14.7. The van der Waals surface area contributed by atoms with Gasteiger partial charge in [-0.1, -0.05) is 0 Å². The van der Waals surface area contributed by atoms with E-state index < -0.39 is 5.60 Å². The average Bonchev–Trinajstić information content (AvgIpc) is 3.07. The second kappa shape index (κ2) is 7.99. The van der Waals surface area contributed by atoms with Crippen LogP contribution >= 0.6 is 0 Å². The molecule has 0 aromatic rings. The third-order valence-corrected chi connectivity index (χ3v) is 4.38. The van der Waals surface area contributed by atoms with E-state index in [1.165, 1.54) is 0 Å². The molecule has 23 heavy (non-hydrogen) atoms. The molecule has 2 amide bonds. The number of hydrogen-bond acceptors (Lipinski definition) is 4. The van der Waals surface area contributed by atoms with Crippen LogP contribution in [0.15, 0.2) is 0 Å². The minimum absolute atomic E-state index is 0.164. The summed E-state index contributed by atoms with van der Waals surface area (Å²) in [7, 11) is 0. The summed E-state index contributed by atoms with van der Waals surface area (Å²) in [6.45, 7) is 8.16. The fourth-order valence-corrected chi connectivity index (χ4v) is 3.28. The van der Waals surface area contributed by atoms with Gasteiger partial charge in [-0.15, -0.1) is 0 Å². The lowest BCUT2D eigenvalue weighted by Gasteiger charge is -2.22. The molecular weight excluding hydrogens is 294 g/mol. The van der Waals surface area contributed by atoms with Gasteiger partial charge in [0.15, 0.2) is 0 Å². The number of likely N-dealkylation sites (tertiary alicyclic amines) is 1. The lowest BCUT2D eigenvalue weighted by molar-refractivity contribution is -0.130. The van der Waals surface area contributed by atoms with Crippen molar-refractivity contribution in [3.8, 4) is 0 Å². The van der Waals surface area contributed by atoms with E-state index in [-0.39, 0.29) is 18.0 Å². The second-order valence-electron chi connectivity index (χ2n) is 7.65. The normalized spacial score (nSPS) is 24.7. The Bertz CT molecular complexity index is 414. The minimum atomic E-state index is -0.462. The maximum absolute atomic E-state index is 12.0. The molecule has 1 saturated heterocycles. The van der Waals surface area contributed by atoms with Crippen molar-refractivity contribution in [2.75, 3.05) is 19.6 Å². The molecule has 1 aliphatic heterocycles. The van der Waals surface area contributed by atoms with Gasteiger partial charge in [0.25, 0.3) is 0 Å². The molecule has 2 N–H and O–H groups in total. The summed E-state index contributed by atoms with van der Waals surface area (Å²) in [5, 5.41) is 6.38. The van der Waals surface area contributed by atoms with E-state index in [0.29, 0.717) is 12.5 Å². The van der Waals surface area contributed by atoms with Gasteiger partial charge in [-0.2, -0.15) is 0 Å². The van der Waals surface area contributed by atoms with E-state index in [4.69, 9.17) is 4.74 Å². The SMILES string of the molecule is CC(C)(C)OC(=O)NC1CCC(NCCC(=O)N2CCCC2)C1. The molecule has 2 fully saturated rings. The van der Waals surface area contributed by atoms with Crippen molar-refractivity contribution in [1.82, 2.24) is 15.5 Å². The Labute approximate surface area is 139 Å². The number of rotatable bonds is 5. The highest BCUT2D eigenvalue weighted by atomic mass is 16.6. The number of nitrogens with one attached hydrogen (secondary N) is 2. The lowest BCUT2D eigenvalue weighted by atomic mass is 10.2. The Balaban J connectivity index is 1.60. The molecule has 0 bridgehead atoms. The predicted molar refractivity (Wildman–Crippen MR) is 89.2 cm³/mol. The van der Waals surface area contributed by atoms with Gasteiger partial charge in [0.1, 0.15) is 5.60 Å². The average molecular weight is 325 g/mol. The zero-order valence-corrected chi connectivity index (χ0v) is 14.7. The fourth-order valence-electron chi connectivity index (χ4n) is 3.28. The molecule has 0 spiro atoms. The first-order chi connectivity index (χ1) is 10.8. The van der Waals surface area contributed by atoms with Crippen LogP contribution in [0, 0.1) is 0 Å². The standard InChI is InChI=1S/C17H31N3O3/c1-17(2,3)23-16(22)19-14-7-6-13(12-14)18-9-8-15(21)20-10-4-5-11-20/h13-14,18H,4-12H2,1-3H3,(H,19,22). The maximum atomic E-state index is 12.0. The van der Waals surface area contributed by atoms with Gasteiger partial charge >= 0.3 is 6.09 Å². The van der Waals surface area contributed by atoms with Crippen LogP contribution in [0.25, 0.3) is 0 Å². The van der Waals surface area contributed by atoms with Gasteiger partial charge in [-0.25, -0.2) is 4.79 Å². The van der Waals surface area contributed by atoms with Crippen LogP contribution in [0.1, 0.15) is 59.3 Å². The summed E-state index contributed by atoms with van der Waals surface area (Å²) >= 11 is 0. The highest BCUT2D eigenvalue weighted by molar-refractivity contribution is 5.76. The Morgan fingerprint density at radius 3 is 2.43 bits per heavy atom. The molecule has 1 saturated carbocycles. The fraction of sp³-hybridized carbons (Fsp3) is 0.882. The van der Waals surface area contributed by atoms with Crippen LogP contribution in [0.5, 0.6) is 0 Å². The molecule has 2 rings (SSSR count). The molecule has 6 heteroatoms. The van der Waals surface area contributed by atoms with Crippen LogP contribution in [-0.2, 0) is 9.53 Å². The van der Waals surface area contributed by atoms with Gasteiger partial charge in [0, 0.05) is 38.1 Å². The molecular formula is C17H31N3O3. The smallest absolute Gasteiger partial charge is 0.407 e. The van der Waals surface area contributed by atoms with Crippen molar-refractivity contribution in [2.24, 2.45) is 0 Å². The zero-order chi connectivity index (χ0) is 16.9. The van der Waals surface area contributed by atoms with E-state index in [1.807, 2.05) is 25.7 Å². The molecule has 1 heterocycles. The van der Waals surface area contributed by atoms with Crippen molar-refractivity contribution in [3.63, 3.8) is 0 Å². The Hall–Kier alpha value is -1.30. The largest absolute Gasteiger partial charge is 0.444 e.